The Morgan fingerprint density at radius 3 is 0.909 bits per heavy atom. The van der Waals surface area contributed by atoms with Gasteiger partial charge in [0.15, 0.2) is 6.10 Å². The zero-order valence-corrected chi connectivity index (χ0v) is 59.8. The van der Waals surface area contributed by atoms with E-state index in [0.717, 1.165) is 57.8 Å². The molecule has 0 spiro atoms. The molecule has 0 radical (unpaired) electrons. The third-order valence-electron chi connectivity index (χ3n) is 17.0. The highest BCUT2D eigenvalue weighted by Crippen LogP contribution is 2.38. The number of hydrogen-bond donors (Lipinski definition) is 0. The number of carbonyl (C=O) groups is 2. The third kappa shape index (κ3) is 72.8. The van der Waals surface area contributed by atoms with Crippen molar-refractivity contribution in [3.8, 4) is 0 Å². The molecule has 10 heteroatoms. The van der Waals surface area contributed by atoms with Crippen LogP contribution in [0, 0.1) is 0 Å². The van der Waals surface area contributed by atoms with E-state index < -0.39 is 26.5 Å². The summed E-state index contributed by atoms with van der Waals surface area (Å²) < 4.78 is 34.4. The fourth-order valence-corrected chi connectivity index (χ4v) is 11.9. The molecule has 2 atom stereocenters. The summed E-state index contributed by atoms with van der Waals surface area (Å²) >= 11 is 0. The summed E-state index contributed by atoms with van der Waals surface area (Å²) in [5.74, 6) is -0.814. The van der Waals surface area contributed by atoms with Crippen molar-refractivity contribution in [3.05, 3.63) is 60.8 Å². The van der Waals surface area contributed by atoms with Crippen LogP contribution >= 0.6 is 7.82 Å². The lowest BCUT2D eigenvalue weighted by Crippen LogP contribution is -2.37. The van der Waals surface area contributed by atoms with E-state index in [1.807, 2.05) is 21.1 Å². The van der Waals surface area contributed by atoms with Crippen LogP contribution in [0.25, 0.3) is 0 Å². The lowest BCUT2D eigenvalue weighted by molar-refractivity contribution is -0.870. The monoisotopic (exact) mass is 1260 g/mol. The molecule has 2 unspecified atom stereocenters. The molecule has 0 saturated heterocycles. The SMILES string of the molecule is CCCCCCC/C=C\C/C=C\C/C=C\CCCCCCCCCCCCCCCCCCC(=O)OC(COC(=O)CCCCCCCCCCCCCCCCCCCCCCC/C=C\C/C=C\CCCCCCC)COP(=O)([O-])OCC[N+](C)(C)C. The number of quaternary nitrogens is 1. The molecule has 0 fully saturated rings. The van der Waals surface area contributed by atoms with Crippen LogP contribution in [-0.4, -0.2) is 70.0 Å². The van der Waals surface area contributed by atoms with Crippen molar-refractivity contribution in [2.24, 2.45) is 0 Å². The maximum absolute atomic E-state index is 12.9. The molecule has 9 nitrogen and oxygen atoms in total. The van der Waals surface area contributed by atoms with Crippen LogP contribution in [0.3, 0.4) is 0 Å². The molecule has 516 valence electrons. The van der Waals surface area contributed by atoms with Gasteiger partial charge in [0.25, 0.3) is 7.82 Å². The molecule has 0 bridgehead atoms. The van der Waals surface area contributed by atoms with Crippen LogP contribution in [-0.2, 0) is 32.7 Å². The Kier molecular flexibility index (Phi) is 67.3. The van der Waals surface area contributed by atoms with Crippen LogP contribution in [0.2, 0.25) is 0 Å². The summed E-state index contributed by atoms with van der Waals surface area (Å²) in [6.07, 6.45) is 91.8. The van der Waals surface area contributed by atoms with E-state index in [1.165, 1.54) is 283 Å². The Hall–Kier alpha value is -2.29. The first kappa shape index (κ1) is 85.7. The van der Waals surface area contributed by atoms with Gasteiger partial charge in [-0.05, 0) is 83.5 Å². The van der Waals surface area contributed by atoms with Crippen LogP contribution in [0.4, 0.5) is 0 Å². The molecule has 0 aliphatic carbocycles. The van der Waals surface area contributed by atoms with Crippen LogP contribution in [0.5, 0.6) is 0 Å². The first-order valence-corrected chi connectivity index (χ1v) is 39.5. The normalized spacial score (nSPS) is 13.4. The Balaban J connectivity index is 3.96. The average molecular weight is 1260 g/mol. The molecular weight excluding hydrogens is 1110 g/mol. The minimum absolute atomic E-state index is 0.0296. The highest BCUT2D eigenvalue weighted by Gasteiger charge is 2.22. The van der Waals surface area contributed by atoms with Crippen molar-refractivity contribution in [1.29, 1.82) is 0 Å². The fraction of sp³-hybridized carbons (Fsp3) is 0.846. The number of phosphoric acid groups is 1. The number of hydrogen-bond acceptors (Lipinski definition) is 8. The van der Waals surface area contributed by atoms with Gasteiger partial charge in [0.1, 0.15) is 19.8 Å². The number of ether oxygens (including phenoxy) is 2. The molecule has 0 aromatic rings. The van der Waals surface area contributed by atoms with Crippen molar-refractivity contribution < 1.29 is 42.1 Å². The maximum atomic E-state index is 12.9. The zero-order chi connectivity index (χ0) is 64.1. The Bertz CT molecular complexity index is 1670. The van der Waals surface area contributed by atoms with Gasteiger partial charge >= 0.3 is 11.9 Å². The van der Waals surface area contributed by atoms with Crippen molar-refractivity contribution in [1.82, 2.24) is 0 Å². The lowest BCUT2D eigenvalue weighted by atomic mass is 10.0. The fourth-order valence-electron chi connectivity index (χ4n) is 11.2. The predicted molar refractivity (Wildman–Crippen MR) is 379 cm³/mol. The average Bonchev–Trinajstić information content (AvgIpc) is 3.68. The second-order valence-corrected chi connectivity index (χ2v) is 28.4. The van der Waals surface area contributed by atoms with Gasteiger partial charge in [-0.15, -0.1) is 0 Å². The molecule has 0 aromatic heterocycles. The smallest absolute Gasteiger partial charge is 0.306 e. The number of nitrogens with zero attached hydrogens (tertiary/aromatic N) is 1. The standard InChI is InChI=1S/C78H146NO8P/c1-6-8-10-12-14-16-18-20-22-24-26-28-30-32-34-36-38-39-41-42-44-46-48-50-52-54-56-58-60-62-64-66-68-70-77(80)84-74-76(75-86-88(82,83)85-73-72-79(3,4)5)87-78(81)71-69-67-65-63-61-59-57-55-53-51-49-47-45-43-40-37-35-33-31-29-27-25-23-21-19-17-15-13-11-9-7-2/h18-21,24-27,31,33,76H,6-17,22-23,28-30,32,34-75H2,1-5H3/b20-18-,21-19-,26-24-,27-25-,33-31-. The van der Waals surface area contributed by atoms with E-state index in [9.17, 15) is 19.0 Å². The summed E-state index contributed by atoms with van der Waals surface area (Å²) in [6, 6.07) is 0. The summed E-state index contributed by atoms with van der Waals surface area (Å²) in [4.78, 5) is 38.1. The molecule has 0 amide bonds. The van der Waals surface area contributed by atoms with Gasteiger partial charge in [-0.3, -0.25) is 14.2 Å². The number of likely N-dealkylation sites (N-methyl/N-ethyl adjacent to an activating group) is 1. The second kappa shape index (κ2) is 69.1. The Labute approximate surface area is 546 Å². The largest absolute Gasteiger partial charge is 0.756 e. The maximum Gasteiger partial charge on any atom is 0.306 e. The molecule has 0 aromatic carbocycles. The zero-order valence-electron chi connectivity index (χ0n) is 58.9. The van der Waals surface area contributed by atoms with Gasteiger partial charge in [0.2, 0.25) is 0 Å². The molecular formula is C78H146NO8P. The topological polar surface area (TPSA) is 111 Å². The van der Waals surface area contributed by atoms with Crippen molar-refractivity contribution in [2.75, 3.05) is 47.5 Å². The third-order valence-corrected chi connectivity index (χ3v) is 18.0. The molecule has 0 N–H and O–H groups in total. The summed E-state index contributed by atoms with van der Waals surface area (Å²) in [6.45, 7) is 4.28. The Morgan fingerprint density at radius 1 is 0.352 bits per heavy atom. The summed E-state index contributed by atoms with van der Waals surface area (Å²) in [5, 5.41) is 0. The van der Waals surface area contributed by atoms with Crippen molar-refractivity contribution in [2.45, 2.75) is 380 Å². The van der Waals surface area contributed by atoms with E-state index in [0.29, 0.717) is 17.4 Å². The van der Waals surface area contributed by atoms with Crippen LogP contribution in [0.15, 0.2) is 60.8 Å². The molecule has 0 saturated carbocycles. The Morgan fingerprint density at radius 2 is 0.614 bits per heavy atom. The van der Waals surface area contributed by atoms with Gasteiger partial charge in [-0.1, -0.05) is 338 Å². The summed E-state index contributed by atoms with van der Waals surface area (Å²) in [5.41, 5.74) is 0. The molecule has 0 rings (SSSR count). The van der Waals surface area contributed by atoms with E-state index in [2.05, 4.69) is 74.6 Å². The number of rotatable bonds is 71. The highest BCUT2D eigenvalue weighted by atomic mass is 31.2. The van der Waals surface area contributed by atoms with Gasteiger partial charge in [0, 0.05) is 12.8 Å². The minimum atomic E-state index is -4.64. The summed E-state index contributed by atoms with van der Waals surface area (Å²) in [7, 11) is 1.18. The van der Waals surface area contributed by atoms with E-state index >= 15 is 0 Å². The van der Waals surface area contributed by atoms with E-state index in [1.54, 1.807) is 0 Å². The van der Waals surface area contributed by atoms with Crippen molar-refractivity contribution in [3.63, 3.8) is 0 Å². The van der Waals surface area contributed by atoms with Gasteiger partial charge in [0.05, 0.1) is 27.7 Å². The minimum Gasteiger partial charge on any atom is -0.756 e. The molecule has 0 heterocycles. The molecule has 88 heavy (non-hydrogen) atoms. The van der Waals surface area contributed by atoms with Gasteiger partial charge in [-0.25, -0.2) is 0 Å². The first-order chi connectivity index (χ1) is 43.0. The quantitative estimate of drug-likeness (QED) is 0.0195. The van der Waals surface area contributed by atoms with E-state index in [-0.39, 0.29) is 32.0 Å². The number of phosphoric ester groups is 1. The van der Waals surface area contributed by atoms with Crippen molar-refractivity contribution >= 4 is 19.8 Å². The van der Waals surface area contributed by atoms with Crippen LogP contribution < -0.4 is 4.89 Å². The van der Waals surface area contributed by atoms with Gasteiger partial charge in [-0.2, -0.15) is 0 Å². The number of esters is 2. The van der Waals surface area contributed by atoms with Gasteiger partial charge < -0.3 is 27.9 Å². The molecule has 0 aliphatic heterocycles. The van der Waals surface area contributed by atoms with Crippen LogP contribution in [0.1, 0.15) is 373 Å². The molecule has 0 aliphatic rings. The second-order valence-electron chi connectivity index (χ2n) is 27.0. The highest BCUT2D eigenvalue weighted by molar-refractivity contribution is 7.45. The van der Waals surface area contributed by atoms with E-state index in [4.69, 9.17) is 18.5 Å². The number of unbranched alkanes of at least 4 members (excludes halogenated alkanes) is 47. The first-order valence-electron chi connectivity index (χ1n) is 38.0. The number of allylic oxidation sites excluding steroid dienone is 10. The number of carbonyl (C=O) groups excluding carboxylic acids is 2. The lowest BCUT2D eigenvalue weighted by Gasteiger charge is -2.28. The predicted octanol–water partition coefficient (Wildman–Crippen LogP) is 24.3.